The van der Waals surface area contributed by atoms with Crippen LogP contribution in [0, 0.1) is 0 Å². The van der Waals surface area contributed by atoms with Crippen LogP contribution in [0.25, 0.3) is 0 Å². The quantitative estimate of drug-likeness (QED) is 0.684. The second kappa shape index (κ2) is 7.49. The number of halogens is 4. The summed E-state index contributed by atoms with van der Waals surface area (Å²) in [6.07, 6.45) is -4.29. The van der Waals surface area contributed by atoms with E-state index in [4.69, 9.17) is 0 Å². The number of nitrogens with zero attached hydrogens (tertiary/aromatic N) is 6. The molecule has 0 aliphatic carbocycles. The number of aromatic nitrogens is 4. The molecule has 2 aliphatic heterocycles. The third-order valence-corrected chi connectivity index (χ3v) is 5.32. The Morgan fingerprint density at radius 1 is 1.27 bits per heavy atom. The number of hydrogen-bond acceptors (Lipinski definition) is 5. The summed E-state index contributed by atoms with van der Waals surface area (Å²) in [6, 6.07) is 1.26. The average molecular weight is 428 g/mol. The Hall–Kier alpha value is -2.76. The molecule has 2 aliphatic rings. The molecule has 12 heteroatoms. The smallest absolute Gasteiger partial charge is 0.338 e. The molecule has 2 aromatic heterocycles. The number of carbonyl (C=O) groups excluding carboxylic acids is 1. The normalized spacial score (nSPS) is 22.4. The zero-order valence-electron chi connectivity index (χ0n) is 16.1. The molecule has 4 heterocycles. The van der Waals surface area contributed by atoms with Crippen molar-refractivity contribution < 1.29 is 22.4 Å². The second-order valence-corrected chi connectivity index (χ2v) is 7.66. The van der Waals surface area contributed by atoms with Crippen molar-refractivity contribution in [2.75, 3.05) is 26.7 Å². The van der Waals surface area contributed by atoms with Gasteiger partial charge in [0.1, 0.15) is 23.7 Å². The summed E-state index contributed by atoms with van der Waals surface area (Å²) in [6.45, 7) is 0.852. The van der Waals surface area contributed by atoms with Gasteiger partial charge in [0.05, 0.1) is 19.6 Å². The first-order chi connectivity index (χ1) is 14.1. The molecule has 0 radical (unpaired) electrons. The number of amides is 1. The minimum absolute atomic E-state index is 0.00842. The fourth-order valence-electron chi connectivity index (χ4n) is 3.85. The maximum absolute atomic E-state index is 13.5. The predicted molar refractivity (Wildman–Crippen MR) is 96.3 cm³/mol. The van der Waals surface area contributed by atoms with Crippen LogP contribution in [0.15, 0.2) is 23.1 Å². The molecule has 30 heavy (non-hydrogen) atoms. The maximum atomic E-state index is 13.5. The van der Waals surface area contributed by atoms with E-state index in [1.54, 1.807) is 7.05 Å². The van der Waals surface area contributed by atoms with E-state index in [1.807, 2.05) is 4.90 Å². The Balaban J connectivity index is 1.61. The molecule has 162 valence electrons. The van der Waals surface area contributed by atoms with Gasteiger partial charge >= 0.3 is 11.9 Å². The zero-order valence-corrected chi connectivity index (χ0v) is 16.1. The Bertz CT molecular complexity index is 1000. The second-order valence-electron chi connectivity index (χ2n) is 7.66. The van der Waals surface area contributed by atoms with Crippen molar-refractivity contribution in [2.24, 2.45) is 0 Å². The number of alkyl halides is 4. The molecule has 1 amide bonds. The summed E-state index contributed by atoms with van der Waals surface area (Å²) < 4.78 is 54.0. The van der Waals surface area contributed by atoms with Crippen LogP contribution >= 0.6 is 0 Å². The maximum Gasteiger partial charge on any atom is 0.433 e. The molecule has 0 spiro atoms. The van der Waals surface area contributed by atoms with Crippen LogP contribution in [-0.4, -0.2) is 67.9 Å². The van der Waals surface area contributed by atoms with Crippen LogP contribution in [0.2, 0.25) is 0 Å². The summed E-state index contributed by atoms with van der Waals surface area (Å²) in [5, 5.41) is 4.27. The van der Waals surface area contributed by atoms with Gasteiger partial charge < -0.3 is 4.90 Å². The lowest BCUT2D eigenvalue weighted by molar-refractivity contribution is -0.141. The molecule has 8 nitrogen and oxygen atoms in total. The van der Waals surface area contributed by atoms with Crippen molar-refractivity contribution >= 4 is 5.91 Å². The molecule has 0 N–H and O–H groups in total. The Morgan fingerprint density at radius 3 is 2.63 bits per heavy atom. The largest absolute Gasteiger partial charge is 0.433 e. The number of pyridine rings is 1. The van der Waals surface area contributed by atoms with Crippen LogP contribution < -0.4 is 5.69 Å². The van der Waals surface area contributed by atoms with Gasteiger partial charge in [-0.2, -0.15) is 18.3 Å². The van der Waals surface area contributed by atoms with Crippen LogP contribution in [0.4, 0.5) is 17.6 Å². The highest BCUT2D eigenvalue weighted by Crippen LogP contribution is 2.27. The molecule has 1 saturated heterocycles. The van der Waals surface area contributed by atoms with E-state index < -0.39 is 29.8 Å². The molecular formula is C18H20F4N6O2. The average Bonchev–Trinajstić information content (AvgIpc) is 3.24. The van der Waals surface area contributed by atoms with E-state index in [2.05, 4.69) is 10.1 Å². The van der Waals surface area contributed by atoms with Crippen molar-refractivity contribution in [1.29, 1.82) is 0 Å². The lowest BCUT2D eigenvalue weighted by atomic mass is 10.2. The van der Waals surface area contributed by atoms with Crippen molar-refractivity contribution in [3.63, 3.8) is 0 Å². The van der Waals surface area contributed by atoms with E-state index in [1.165, 1.54) is 15.5 Å². The molecule has 2 atom stereocenters. The predicted octanol–water partition coefficient (Wildman–Crippen LogP) is 1.06. The first-order valence-electron chi connectivity index (χ1n) is 9.45. The lowest BCUT2D eigenvalue weighted by Crippen LogP contribution is -2.47. The summed E-state index contributed by atoms with van der Waals surface area (Å²) in [4.78, 5) is 32.5. The fourth-order valence-corrected chi connectivity index (χ4v) is 3.85. The van der Waals surface area contributed by atoms with Crippen molar-refractivity contribution in [3.05, 3.63) is 45.9 Å². The Labute approximate surface area is 168 Å². The van der Waals surface area contributed by atoms with E-state index in [9.17, 15) is 27.2 Å². The van der Waals surface area contributed by atoms with Crippen LogP contribution in [0.3, 0.4) is 0 Å². The highest BCUT2D eigenvalue weighted by atomic mass is 19.4. The monoisotopic (exact) mass is 428 g/mol. The molecule has 2 unspecified atom stereocenters. The van der Waals surface area contributed by atoms with Crippen molar-refractivity contribution in [3.8, 4) is 0 Å². The number of hydrogen-bond donors (Lipinski definition) is 0. The third kappa shape index (κ3) is 3.83. The number of likely N-dealkylation sites (tertiary alicyclic amines) is 1. The number of fused-ring (bicyclic) bond motifs is 1. The lowest BCUT2D eigenvalue weighted by Gasteiger charge is -2.31. The fraction of sp³-hybridized carbons (Fsp3) is 0.556. The number of likely N-dealkylation sites (N-methyl/N-ethyl adjacent to an activating group) is 1. The van der Waals surface area contributed by atoms with Gasteiger partial charge in [0.2, 0.25) is 5.91 Å². The van der Waals surface area contributed by atoms with Gasteiger partial charge in [-0.25, -0.2) is 13.9 Å². The van der Waals surface area contributed by atoms with Gasteiger partial charge in [-0.1, -0.05) is 6.07 Å². The first-order valence-corrected chi connectivity index (χ1v) is 9.45. The highest BCUT2D eigenvalue weighted by Gasteiger charge is 2.38. The van der Waals surface area contributed by atoms with Gasteiger partial charge in [0, 0.05) is 19.3 Å². The number of carbonyl (C=O) groups is 1. The van der Waals surface area contributed by atoms with E-state index in [-0.39, 0.29) is 32.0 Å². The minimum Gasteiger partial charge on any atom is -0.338 e. The van der Waals surface area contributed by atoms with E-state index >= 15 is 0 Å². The van der Waals surface area contributed by atoms with Crippen LogP contribution in [0.1, 0.15) is 29.5 Å². The first kappa shape index (κ1) is 20.5. The van der Waals surface area contributed by atoms with Gasteiger partial charge in [0.15, 0.2) is 0 Å². The SMILES string of the molecule is CN1Cc2nn(Cc3ccc(C(F)(F)F)nc3)c(=O)n2C(C(=O)N2CCC(F)C2)C1. The Kier molecular flexibility index (Phi) is 5.12. The van der Waals surface area contributed by atoms with Gasteiger partial charge in [0.25, 0.3) is 0 Å². The minimum atomic E-state index is -4.55. The van der Waals surface area contributed by atoms with Gasteiger partial charge in [-0.05, 0) is 25.1 Å². The highest BCUT2D eigenvalue weighted by molar-refractivity contribution is 5.81. The molecule has 1 fully saturated rings. The molecule has 2 aromatic rings. The zero-order chi connectivity index (χ0) is 21.6. The Morgan fingerprint density at radius 2 is 2.03 bits per heavy atom. The van der Waals surface area contributed by atoms with Gasteiger partial charge in [-0.15, -0.1) is 0 Å². The van der Waals surface area contributed by atoms with Crippen LogP contribution in [-0.2, 0) is 24.1 Å². The molecule has 0 aromatic carbocycles. The number of rotatable bonds is 3. The molecule has 0 saturated carbocycles. The summed E-state index contributed by atoms with van der Waals surface area (Å²) in [7, 11) is 1.79. The van der Waals surface area contributed by atoms with Crippen LogP contribution in [0.5, 0.6) is 0 Å². The molecule has 0 bridgehead atoms. The third-order valence-electron chi connectivity index (χ3n) is 5.32. The molecule has 4 rings (SSSR count). The summed E-state index contributed by atoms with van der Waals surface area (Å²) >= 11 is 0. The van der Waals surface area contributed by atoms with Crippen molar-refractivity contribution in [2.45, 2.75) is 37.9 Å². The van der Waals surface area contributed by atoms with E-state index in [0.29, 0.717) is 24.5 Å². The summed E-state index contributed by atoms with van der Waals surface area (Å²) in [5.41, 5.74) is -1.18. The topological polar surface area (TPSA) is 76.3 Å². The van der Waals surface area contributed by atoms with Gasteiger partial charge in [-0.3, -0.25) is 19.2 Å². The molecular weight excluding hydrogens is 408 g/mol. The van der Waals surface area contributed by atoms with E-state index in [0.717, 1.165) is 16.9 Å². The summed E-state index contributed by atoms with van der Waals surface area (Å²) in [5.74, 6) is 0.0452. The standard InChI is InChI=1S/C18H20F4N6O2/c1-25-9-13(16(29)26-5-4-12(19)8-26)28-15(10-25)24-27(17(28)30)7-11-2-3-14(23-6-11)18(20,21)22/h2-3,6,12-13H,4-5,7-10H2,1H3. The van der Waals surface area contributed by atoms with Crippen molar-refractivity contribution in [1.82, 2.24) is 29.1 Å².